The Balaban J connectivity index is 2.14. The zero-order valence-corrected chi connectivity index (χ0v) is 14.0. The number of rotatable bonds is 2. The fraction of sp³-hybridized carbons (Fsp3) is 0.167. The first kappa shape index (κ1) is 16.6. The van der Waals surface area contributed by atoms with Crippen molar-refractivity contribution in [2.24, 2.45) is 14.1 Å². The summed E-state index contributed by atoms with van der Waals surface area (Å²) < 4.78 is 16.3. The van der Waals surface area contributed by atoms with E-state index in [4.69, 9.17) is 0 Å². The van der Waals surface area contributed by atoms with E-state index in [0.29, 0.717) is 22.3 Å². The van der Waals surface area contributed by atoms with Crippen LogP contribution in [-0.2, 0) is 14.1 Å². The Kier molecular flexibility index (Phi) is 4.00. The molecule has 3 rings (SSSR count). The number of nitrogens with zero attached hydrogens (tertiary/aromatic N) is 2. The van der Waals surface area contributed by atoms with Crippen LogP contribution in [0.2, 0.25) is 0 Å². The summed E-state index contributed by atoms with van der Waals surface area (Å²) >= 11 is 0. The normalized spacial score (nSPS) is 10.9. The van der Waals surface area contributed by atoms with Gasteiger partial charge < -0.3 is 14.5 Å². The Morgan fingerprint density at radius 2 is 1.56 bits per heavy atom. The highest BCUT2D eigenvalue weighted by Gasteiger charge is 2.15. The second-order valence-electron chi connectivity index (χ2n) is 5.82. The predicted octanol–water partition coefficient (Wildman–Crippen LogP) is 1.94. The molecule has 128 valence electrons. The van der Waals surface area contributed by atoms with Crippen LogP contribution >= 0.6 is 0 Å². The monoisotopic (exact) mass is 341 g/mol. The van der Waals surface area contributed by atoms with Crippen molar-refractivity contribution in [1.29, 1.82) is 0 Å². The summed E-state index contributed by atoms with van der Waals surface area (Å²) in [7, 11) is 3.01. The lowest BCUT2D eigenvalue weighted by atomic mass is 10.1. The maximum atomic E-state index is 13.8. The molecule has 7 heteroatoms. The molecule has 1 amide bonds. The van der Waals surface area contributed by atoms with E-state index in [0.717, 1.165) is 0 Å². The number of benzene rings is 2. The molecule has 0 aliphatic carbocycles. The molecule has 1 N–H and O–H groups in total. The lowest BCUT2D eigenvalue weighted by Gasteiger charge is -2.14. The third-order valence-electron chi connectivity index (χ3n) is 4.20. The molecule has 3 aromatic rings. The van der Waals surface area contributed by atoms with E-state index in [-0.39, 0.29) is 5.56 Å². The second-order valence-corrected chi connectivity index (χ2v) is 5.82. The minimum Gasteiger partial charge on any atom is -0.322 e. The quantitative estimate of drug-likeness (QED) is 0.724. The van der Waals surface area contributed by atoms with Crippen molar-refractivity contribution >= 4 is 22.6 Å². The molecule has 0 saturated heterocycles. The standard InChI is InChI=1S/C18H16FN3O3/c1-10-8-14-15(22(3)18(25)17(24)21(14)2)9-13(10)20-16(23)11-6-4-5-7-12(11)19/h4-9H,1-3H3,(H,20,23). The van der Waals surface area contributed by atoms with Crippen LogP contribution in [0.1, 0.15) is 15.9 Å². The van der Waals surface area contributed by atoms with Crippen LogP contribution in [0, 0.1) is 12.7 Å². The third kappa shape index (κ3) is 2.73. The lowest BCUT2D eigenvalue weighted by molar-refractivity contribution is 0.102. The number of anilines is 1. The average Bonchev–Trinajstić information content (AvgIpc) is 2.59. The van der Waals surface area contributed by atoms with E-state index in [1.54, 1.807) is 25.1 Å². The Morgan fingerprint density at radius 3 is 2.16 bits per heavy atom. The molecule has 25 heavy (non-hydrogen) atoms. The van der Waals surface area contributed by atoms with Crippen molar-refractivity contribution in [2.45, 2.75) is 6.92 Å². The number of aryl methyl sites for hydroxylation is 3. The smallest absolute Gasteiger partial charge is 0.316 e. The fourth-order valence-corrected chi connectivity index (χ4v) is 2.69. The van der Waals surface area contributed by atoms with Gasteiger partial charge in [0.2, 0.25) is 0 Å². The molecule has 0 spiro atoms. The number of halogens is 1. The van der Waals surface area contributed by atoms with Crippen LogP contribution in [0.15, 0.2) is 46.0 Å². The molecule has 0 fully saturated rings. The molecule has 1 heterocycles. The molecule has 1 aromatic heterocycles. The maximum absolute atomic E-state index is 13.8. The van der Waals surface area contributed by atoms with Gasteiger partial charge in [0.05, 0.1) is 16.6 Å². The van der Waals surface area contributed by atoms with E-state index in [9.17, 15) is 18.8 Å². The van der Waals surface area contributed by atoms with Crippen LogP contribution in [0.3, 0.4) is 0 Å². The maximum Gasteiger partial charge on any atom is 0.316 e. The van der Waals surface area contributed by atoms with Crippen LogP contribution in [0.5, 0.6) is 0 Å². The van der Waals surface area contributed by atoms with Crippen molar-refractivity contribution in [1.82, 2.24) is 9.13 Å². The Hall–Kier alpha value is -3.22. The average molecular weight is 341 g/mol. The zero-order chi connectivity index (χ0) is 18.3. The number of carbonyl (C=O) groups is 1. The molecule has 0 aliphatic heterocycles. The lowest BCUT2D eigenvalue weighted by Crippen LogP contribution is -2.39. The Bertz CT molecular complexity index is 1130. The molecule has 6 nitrogen and oxygen atoms in total. The molecular formula is C18H16FN3O3. The van der Waals surface area contributed by atoms with Gasteiger partial charge in [0.1, 0.15) is 5.82 Å². The zero-order valence-electron chi connectivity index (χ0n) is 14.0. The fourth-order valence-electron chi connectivity index (χ4n) is 2.69. The second kappa shape index (κ2) is 6.01. The third-order valence-corrected chi connectivity index (χ3v) is 4.20. The van der Waals surface area contributed by atoms with Crippen molar-refractivity contribution in [3.63, 3.8) is 0 Å². The van der Waals surface area contributed by atoms with Gasteiger partial charge in [-0.1, -0.05) is 12.1 Å². The number of nitrogens with one attached hydrogen (secondary N) is 1. The summed E-state index contributed by atoms with van der Waals surface area (Å²) in [6.07, 6.45) is 0. The van der Waals surface area contributed by atoms with Gasteiger partial charge in [-0.3, -0.25) is 14.4 Å². The highest BCUT2D eigenvalue weighted by Crippen LogP contribution is 2.22. The van der Waals surface area contributed by atoms with Gasteiger partial charge in [-0.05, 0) is 36.8 Å². The number of aromatic nitrogens is 2. The van der Waals surface area contributed by atoms with Crippen molar-refractivity contribution in [3.05, 3.63) is 74.0 Å². The molecule has 0 bridgehead atoms. The highest BCUT2D eigenvalue weighted by molar-refractivity contribution is 6.05. The van der Waals surface area contributed by atoms with Gasteiger partial charge in [-0.2, -0.15) is 0 Å². The largest absolute Gasteiger partial charge is 0.322 e. The first-order valence-electron chi connectivity index (χ1n) is 7.57. The molecule has 2 aromatic carbocycles. The number of hydrogen-bond acceptors (Lipinski definition) is 3. The SMILES string of the molecule is Cc1cc2c(cc1NC(=O)c1ccccc1F)n(C)c(=O)c(=O)n2C. The van der Waals surface area contributed by atoms with E-state index in [2.05, 4.69) is 5.32 Å². The van der Waals surface area contributed by atoms with Gasteiger partial charge in [0, 0.05) is 19.8 Å². The summed E-state index contributed by atoms with van der Waals surface area (Å²) in [4.78, 5) is 36.2. The summed E-state index contributed by atoms with van der Waals surface area (Å²) in [5.74, 6) is -1.20. The molecule has 0 radical (unpaired) electrons. The number of amides is 1. The molecule has 0 atom stereocenters. The van der Waals surface area contributed by atoms with Gasteiger partial charge in [-0.15, -0.1) is 0 Å². The summed E-state index contributed by atoms with van der Waals surface area (Å²) in [5.41, 5.74) is 0.814. The first-order valence-corrected chi connectivity index (χ1v) is 7.57. The Morgan fingerprint density at radius 1 is 1.00 bits per heavy atom. The van der Waals surface area contributed by atoms with E-state index >= 15 is 0 Å². The number of carbonyl (C=O) groups excluding carboxylic acids is 1. The van der Waals surface area contributed by atoms with Gasteiger partial charge >= 0.3 is 11.1 Å². The van der Waals surface area contributed by atoms with E-state index < -0.39 is 22.8 Å². The van der Waals surface area contributed by atoms with E-state index in [1.807, 2.05) is 0 Å². The minimum absolute atomic E-state index is 0.0728. The van der Waals surface area contributed by atoms with Crippen molar-refractivity contribution in [3.8, 4) is 0 Å². The molecule has 0 saturated carbocycles. The molecule has 0 unspecified atom stereocenters. The first-order chi connectivity index (χ1) is 11.8. The summed E-state index contributed by atoms with van der Waals surface area (Å²) in [6, 6.07) is 8.98. The molecular weight excluding hydrogens is 325 g/mol. The summed E-state index contributed by atoms with van der Waals surface area (Å²) in [6.45, 7) is 1.76. The number of hydrogen-bond donors (Lipinski definition) is 1. The van der Waals surface area contributed by atoms with Gasteiger partial charge in [0.15, 0.2) is 0 Å². The van der Waals surface area contributed by atoms with Gasteiger partial charge in [0.25, 0.3) is 5.91 Å². The topological polar surface area (TPSA) is 73.1 Å². The van der Waals surface area contributed by atoms with E-state index in [1.165, 1.54) is 41.4 Å². The van der Waals surface area contributed by atoms with Gasteiger partial charge in [-0.25, -0.2) is 4.39 Å². The summed E-state index contributed by atoms with van der Waals surface area (Å²) in [5, 5.41) is 2.66. The number of fused-ring (bicyclic) bond motifs is 1. The van der Waals surface area contributed by atoms with Crippen molar-refractivity contribution in [2.75, 3.05) is 5.32 Å². The molecule has 0 aliphatic rings. The van der Waals surface area contributed by atoms with Crippen LogP contribution < -0.4 is 16.4 Å². The minimum atomic E-state index is -0.662. The van der Waals surface area contributed by atoms with Crippen LogP contribution in [-0.4, -0.2) is 15.0 Å². The predicted molar refractivity (Wildman–Crippen MR) is 93.5 cm³/mol. The van der Waals surface area contributed by atoms with Crippen molar-refractivity contribution < 1.29 is 9.18 Å². The Labute approximate surface area is 142 Å². The van der Waals surface area contributed by atoms with Crippen LogP contribution in [0.25, 0.3) is 11.0 Å². The highest BCUT2D eigenvalue weighted by atomic mass is 19.1. The van der Waals surface area contributed by atoms with Crippen LogP contribution in [0.4, 0.5) is 10.1 Å².